The third kappa shape index (κ3) is 4.38. The Kier molecular flexibility index (Phi) is 6.71. The van der Waals surface area contributed by atoms with Crippen molar-refractivity contribution in [3.8, 4) is 0 Å². The van der Waals surface area contributed by atoms with Crippen molar-refractivity contribution in [2.75, 3.05) is 49.6 Å². The van der Waals surface area contributed by atoms with Crippen LogP contribution in [0.15, 0.2) is 40.6 Å². The van der Waals surface area contributed by atoms with E-state index in [1.807, 2.05) is 25.3 Å². The van der Waals surface area contributed by atoms with Crippen LogP contribution in [0.2, 0.25) is 0 Å². The van der Waals surface area contributed by atoms with E-state index in [9.17, 15) is 13.2 Å². The Labute approximate surface area is 170 Å². The molecule has 9 heteroatoms. The lowest BCUT2D eigenvalue weighted by Gasteiger charge is -2.31. The van der Waals surface area contributed by atoms with Crippen molar-refractivity contribution in [3.05, 3.63) is 40.6 Å². The van der Waals surface area contributed by atoms with Gasteiger partial charge in [-0.05, 0) is 29.6 Å². The first-order valence-corrected chi connectivity index (χ1v) is 11.6. The predicted octanol–water partition coefficient (Wildman–Crippen LogP) is 2.87. The Morgan fingerprint density at radius 3 is 2.54 bits per heavy atom. The number of morpholine rings is 1. The number of anilines is 2. The molecular weight excluding hydrogens is 398 g/mol. The van der Waals surface area contributed by atoms with Gasteiger partial charge < -0.3 is 15.0 Å². The van der Waals surface area contributed by atoms with E-state index >= 15 is 0 Å². The minimum atomic E-state index is -3.62. The van der Waals surface area contributed by atoms with Crippen molar-refractivity contribution in [3.63, 3.8) is 0 Å². The summed E-state index contributed by atoms with van der Waals surface area (Å²) in [5, 5.41) is 4.74. The fourth-order valence-electron chi connectivity index (χ4n) is 3.16. The zero-order valence-electron chi connectivity index (χ0n) is 16.1. The fourth-order valence-corrected chi connectivity index (χ4v) is 5.26. The van der Waals surface area contributed by atoms with Gasteiger partial charge in [-0.25, -0.2) is 8.42 Å². The van der Waals surface area contributed by atoms with Crippen LogP contribution in [0, 0.1) is 0 Å². The molecule has 1 saturated heterocycles. The maximum atomic E-state index is 12.9. The van der Waals surface area contributed by atoms with Gasteiger partial charge in [-0.3, -0.25) is 4.79 Å². The third-order valence-corrected chi connectivity index (χ3v) is 7.57. The highest BCUT2D eigenvalue weighted by atomic mass is 32.2. The van der Waals surface area contributed by atoms with Crippen molar-refractivity contribution < 1.29 is 17.9 Å². The highest BCUT2D eigenvalue weighted by Gasteiger charge is 2.25. The molecule has 0 atom stereocenters. The number of thiophene rings is 1. The average Bonchev–Trinajstić information content (AvgIpc) is 3.24. The molecule has 3 rings (SSSR count). The first kappa shape index (κ1) is 20.8. The van der Waals surface area contributed by atoms with E-state index in [1.54, 1.807) is 24.3 Å². The van der Waals surface area contributed by atoms with E-state index in [0.717, 1.165) is 5.69 Å². The van der Waals surface area contributed by atoms with Crippen LogP contribution < -0.4 is 10.2 Å². The van der Waals surface area contributed by atoms with E-state index in [-0.39, 0.29) is 10.8 Å². The molecule has 1 fully saturated rings. The van der Waals surface area contributed by atoms with Crippen LogP contribution in [0.25, 0.3) is 0 Å². The van der Waals surface area contributed by atoms with Crippen LogP contribution in [0.1, 0.15) is 23.5 Å². The summed E-state index contributed by atoms with van der Waals surface area (Å²) >= 11 is 1.34. The van der Waals surface area contributed by atoms with Crippen LogP contribution in [-0.4, -0.2) is 58.0 Å². The standard InChI is InChI=1S/C19H25N3O4S2/c1-3-22(4-2)28(24,25)15-7-8-17(21-9-11-26-12-10-21)16(14-15)20-19(23)18-6-5-13-27-18/h5-8,13-14H,3-4,9-12H2,1-2H3,(H,20,23). The predicted molar refractivity (Wildman–Crippen MR) is 112 cm³/mol. The number of rotatable bonds is 7. The summed E-state index contributed by atoms with van der Waals surface area (Å²) in [5.41, 5.74) is 1.29. The Hall–Kier alpha value is -1.94. The van der Waals surface area contributed by atoms with Crippen molar-refractivity contribution in [2.45, 2.75) is 18.7 Å². The summed E-state index contributed by atoms with van der Waals surface area (Å²) in [6.45, 7) is 6.96. The molecule has 0 saturated carbocycles. The number of carbonyl (C=O) groups is 1. The highest BCUT2D eigenvalue weighted by molar-refractivity contribution is 7.89. The molecule has 1 aromatic carbocycles. The lowest BCUT2D eigenvalue weighted by atomic mass is 10.2. The van der Waals surface area contributed by atoms with Gasteiger partial charge in [-0.1, -0.05) is 19.9 Å². The van der Waals surface area contributed by atoms with E-state index in [0.29, 0.717) is 50.0 Å². The van der Waals surface area contributed by atoms with E-state index in [1.165, 1.54) is 15.6 Å². The zero-order valence-corrected chi connectivity index (χ0v) is 17.7. The molecule has 152 valence electrons. The van der Waals surface area contributed by atoms with Crippen LogP contribution in [0.5, 0.6) is 0 Å². The van der Waals surface area contributed by atoms with Crippen molar-refractivity contribution in [2.24, 2.45) is 0 Å². The minimum absolute atomic E-state index is 0.176. The van der Waals surface area contributed by atoms with Gasteiger partial charge in [0.2, 0.25) is 10.0 Å². The average molecular weight is 424 g/mol. The van der Waals surface area contributed by atoms with Crippen LogP contribution in [0.4, 0.5) is 11.4 Å². The molecule has 0 aliphatic carbocycles. The molecule has 1 amide bonds. The van der Waals surface area contributed by atoms with Gasteiger partial charge in [0.1, 0.15) is 0 Å². The Bertz CT molecular complexity index is 903. The monoisotopic (exact) mass is 423 g/mol. The van der Waals surface area contributed by atoms with E-state index in [2.05, 4.69) is 10.2 Å². The maximum absolute atomic E-state index is 12.9. The Balaban J connectivity index is 2.00. The maximum Gasteiger partial charge on any atom is 0.265 e. The minimum Gasteiger partial charge on any atom is -0.378 e. The number of carbonyl (C=O) groups excluding carboxylic acids is 1. The molecule has 0 bridgehead atoms. The summed E-state index contributed by atoms with van der Waals surface area (Å²) in [6, 6.07) is 8.49. The van der Waals surface area contributed by atoms with Crippen molar-refractivity contribution in [1.82, 2.24) is 4.31 Å². The molecule has 0 radical (unpaired) electrons. The number of sulfonamides is 1. The molecule has 1 aliphatic rings. The lowest BCUT2D eigenvalue weighted by molar-refractivity contribution is 0.103. The summed E-state index contributed by atoms with van der Waals surface area (Å²) in [7, 11) is -3.62. The van der Waals surface area contributed by atoms with Gasteiger partial charge in [-0.2, -0.15) is 4.31 Å². The molecule has 1 aromatic heterocycles. The van der Waals surface area contributed by atoms with Gasteiger partial charge in [0, 0.05) is 26.2 Å². The quantitative estimate of drug-likeness (QED) is 0.741. The summed E-state index contributed by atoms with van der Waals surface area (Å²) in [6.07, 6.45) is 0. The number of hydrogen-bond acceptors (Lipinski definition) is 6. The van der Waals surface area contributed by atoms with Crippen molar-refractivity contribution >= 4 is 38.6 Å². The second kappa shape index (κ2) is 9.04. The second-order valence-electron chi connectivity index (χ2n) is 6.30. The smallest absolute Gasteiger partial charge is 0.265 e. The van der Waals surface area contributed by atoms with Gasteiger partial charge in [-0.15, -0.1) is 11.3 Å². The molecule has 2 aromatic rings. The molecule has 0 spiro atoms. The molecule has 28 heavy (non-hydrogen) atoms. The third-order valence-electron chi connectivity index (χ3n) is 4.66. The van der Waals surface area contributed by atoms with E-state index in [4.69, 9.17) is 4.74 Å². The Morgan fingerprint density at radius 2 is 1.93 bits per heavy atom. The molecular formula is C19H25N3O4S2. The first-order chi connectivity index (χ1) is 13.5. The molecule has 7 nitrogen and oxygen atoms in total. The second-order valence-corrected chi connectivity index (χ2v) is 9.18. The number of nitrogens with zero attached hydrogens (tertiary/aromatic N) is 2. The SMILES string of the molecule is CCN(CC)S(=O)(=O)c1ccc(N2CCOCC2)c(NC(=O)c2cccs2)c1. The van der Waals surface area contributed by atoms with Crippen LogP contribution >= 0.6 is 11.3 Å². The van der Waals surface area contributed by atoms with Gasteiger partial charge in [0.25, 0.3) is 5.91 Å². The van der Waals surface area contributed by atoms with Gasteiger partial charge in [0.05, 0.1) is 34.4 Å². The highest BCUT2D eigenvalue weighted by Crippen LogP contribution is 2.31. The number of hydrogen-bond donors (Lipinski definition) is 1. The zero-order chi connectivity index (χ0) is 20.1. The number of nitrogens with one attached hydrogen (secondary N) is 1. The van der Waals surface area contributed by atoms with E-state index < -0.39 is 10.0 Å². The normalized spacial score (nSPS) is 15.0. The summed E-state index contributed by atoms with van der Waals surface area (Å²) in [5.74, 6) is -0.248. The first-order valence-electron chi connectivity index (χ1n) is 9.29. The summed E-state index contributed by atoms with van der Waals surface area (Å²) in [4.78, 5) is 15.5. The largest absolute Gasteiger partial charge is 0.378 e. The molecule has 0 unspecified atom stereocenters. The summed E-state index contributed by atoms with van der Waals surface area (Å²) < 4.78 is 32.7. The van der Waals surface area contributed by atoms with Gasteiger partial charge in [0.15, 0.2) is 0 Å². The fraction of sp³-hybridized carbons (Fsp3) is 0.421. The van der Waals surface area contributed by atoms with Crippen LogP contribution in [-0.2, 0) is 14.8 Å². The number of ether oxygens (including phenoxy) is 1. The van der Waals surface area contributed by atoms with Crippen LogP contribution in [0.3, 0.4) is 0 Å². The van der Waals surface area contributed by atoms with Gasteiger partial charge >= 0.3 is 0 Å². The molecule has 2 heterocycles. The molecule has 1 aliphatic heterocycles. The molecule has 1 N–H and O–H groups in total. The number of amides is 1. The number of benzene rings is 1. The topological polar surface area (TPSA) is 79.0 Å². The van der Waals surface area contributed by atoms with Crippen molar-refractivity contribution in [1.29, 1.82) is 0 Å². The Morgan fingerprint density at radius 1 is 1.21 bits per heavy atom. The lowest BCUT2D eigenvalue weighted by Crippen LogP contribution is -2.37.